The second kappa shape index (κ2) is 6.33. The molecule has 0 aliphatic rings. The quantitative estimate of drug-likeness (QED) is 0.509. The van der Waals surface area contributed by atoms with Gasteiger partial charge in [0.15, 0.2) is 0 Å². The van der Waals surface area contributed by atoms with Gasteiger partial charge in [-0.25, -0.2) is 14.8 Å². The monoisotopic (exact) mass is 292 g/mol. The average Bonchev–Trinajstić information content (AvgIpc) is 2.42. The second-order valence-electron chi connectivity index (χ2n) is 3.47. The van der Waals surface area contributed by atoms with Crippen LogP contribution in [0.25, 0.3) is 5.57 Å². The van der Waals surface area contributed by atoms with Crippen LogP contribution in [0.5, 0.6) is 0 Å². The number of carbonyl (C=O) groups excluding carboxylic acids is 1. The Morgan fingerprint density at radius 1 is 1.45 bits per heavy atom. The molecule has 0 fully saturated rings. The SMILES string of the molecule is CO/C=C(\C(=O)OC)c1cnc(C(F)(F)F)nc1CO. The smallest absolute Gasteiger partial charge is 0.451 e. The predicted octanol–water partition coefficient (Wildman–Crippen LogP) is 1.15. The Balaban J connectivity index is 3.37. The summed E-state index contributed by atoms with van der Waals surface area (Å²) < 4.78 is 46.5. The van der Waals surface area contributed by atoms with Gasteiger partial charge in [0.2, 0.25) is 5.82 Å². The molecule has 0 amide bonds. The summed E-state index contributed by atoms with van der Waals surface area (Å²) in [5.74, 6) is -2.27. The molecule has 1 rings (SSSR count). The van der Waals surface area contributed by atoms with Crippen molar-refractivity contribution in [3.63, 3.8) is 0 Å². The van der Waals surface area contributed by atoms with E-state index in [1.165, 1.54) is 7.11 Å². The maximum Gasteiger partial charge on any atom is 0.451 e. The summed E-state index contributed by atoms with van der Waals surface area (Å²) in [6, 6.07) is 0. The zero-order valence-electron chi connectivity index (χ0n) is 10.6. The maximum atomic E-state index is 12.5. The van der Waals surface area contributed by atoms with E-state index in [1.54, 1.807) is 0 Å². The molecule has 0 spiro atoms. The van der Waals surface area contributed by atoms with Crippen molar-refractivity contribution in [2.24, 2.45) is 0 Å². The molecule has 0 saturated carbocycles. The van der Waals surface area contributed by atoms with Crippen LogP contribution in [0.15, 0.2) is 12.5 Å². The van der Waals surface area contributed by atoms with Gasteiger partial charge in [0, 0.05) is 11.8 Å². The van der Waals surface area contributed by atoms with E-state index in [1.807, 2.05) is 0 Å². The van der Waals surface area contributed by atoms with Crippen LogP contribution >= 0.6 is 0 Å². The number of rotatable bonds is 4. The molecule has 110 valence electrons. The number of nitrogens with zero attached hydrogens (tertiary/aromatic N) is 2. The summed E-state index contributed by atoms with van der Waals surface area (Å²) >= 11 is 0. The summed E-state index contributed by atoms with van der Waals surface area (Å²) in [6.45, 7) is -0.807. The Kier molecular flexibility index (Phi) is 5.03. The van der Waals surface area contributed by atoms with Gasteiger partial charge in [-0.2, -0.15) is 13.2 Å². The number of aromatic nitrogens is 2. The Morgan fingerprint density at radius 3 is 2.55 bits per heavy atom. The Morgan fingerprint density at radius 2 is 2.10 bits per heavy atom. The maximum absolute atomic E-state index is 12.5. The molecule has 0 radical (unpaired) electrons. The lowest BCUT2D eigenvalue weighted by Crippen LogP contribution is -2.15. The van der Waals surface area contributed by atoms with Crippen molar-refractivity contribution in [3.8, 4) is 0 Å². The number of carbonyl (C=O) groups is 1. The molecule has 6 nitrogen and oxygen atoms in total. The third kappa shape index (κ3) is 3.44. The third-order valence-electron chi connectivity index (χ3n) is 2.20. The molecule has 1 N–H and O–H groups in total. The van der Waals surface area contributed by atoms with Gasteiger partial charge in [-0.05, 0) is 0 Å². The first-order valence-corrected chi connectivity index (χ1v) is 5.20. The fourth-order valence-electron chi connectivity index (χ4n) is 1.35. The first-order valence-electron chi connectivity index (χ1n) is 5.20. The molecule has 1 aromatic heterocycles. The second-order valence-corrected chi connectivity index (χ2v) is 3.47. The standard InChI is InChI=1S/C11H11F3N2O4/c1-19-5-7(9(18)20-2)6-3-15-10(11(12,13)14)16-8(6)4-17/h3,5,17H,4H2,1-2H3/b7-5-. The van der Waals surface area contributed by atoms with Gasteiger partial charge in [0.05, 0.1) is 32.8 Å². The highest BCUT2D eigenvalue weighted by atomic mass is 19.4. The molecular formula is C11H11F3N2O4. The Labute approximate surface area is 111 Å². The van der Waals surface area contributed by atoms with E-state index < -0.39 is 24.6 Å². The summed E-state index contributed by atoms with van der Waals surface area (Å²) in [5.41, 5.74) is -0.664. The first kappa shape index (κ1) is 15.9. The topological polar surface area (TPSA) is 81.5 Å². The minimum Gasteiger partial charge on any atom is -0.503 e. The Hall–Kier alpha value is -2.16. The van der Waals surface area contributed by atoms with Gasteiger partial charge in [-0.3, -0.25) is 0 Å². The first-order chi connectivity index (χ1) is 9.35. The molecule has 0 bridgehead atoms. The van der Waals surface area contributed by atoms with E-state index >= 15 is 0 Å². The molecule has 0 saturated heterocycles. The van der Waals surface area contributed by atoms with Crippen LogP contribution in [-0.4, -0.2) is 35.3 Å². The number of methoxy groups -OCH3 is 2. The highest BCUT2D eigenvalue weighted by Crippen LogP contribution is 2.28. The highest BCUT2D eigenvalue weighted by Gasteiger charge is 2.35. The van der Waals surface area contributed by atoms with E-state index in [4.69, 9.17) is 5.11 Å². The van der Waals surface area contributed by atoms with Crippen LogP contribution in [0, 0.1) is 0 Å². The predicted molar refractivity (Wildman–Crippen MR) is 60.0 cm³/mol. The van der Waals surface area contributed by atoms with E-state index in [-0.39, 0.29) is 16.8 Å². The van der Waals surface area contributed by atoms with Crippen LogP contribution in [0.1, 0.15) is 17.1 Å². The number of alkyl halides is 3. The fraction of sp³-hybridized carbons (Fsp3) is 0.364. The van der Waals surface area contributed by atoms with E-state index in [9.17, 15) is 18.0 Å². The average molecular weight is 292 g/mol. The molecule has 1 aromatic rings. The van der Waals surface area contributed by atoms with Gasteiger partial charge in [0.25, 0.3) is 0 Å². The lowest BCUT2D eigenvalue weighted by Gasteiger charge is -2.11. The lowest BCUT2D eigenvalue weighted by atomic mass is 10.1. The number of aliphatic hydroxyl groups is 1. The number of halogens is 3. The number of aliphatic hydroxyl groups excluding tert-OH is 1. The molecule has 0 aliphatic heterocycles. The summed E-state index contributed by atoms with van der Waals surface area (Å²) in [5, 5.41) is 9.10. The molecular weight excluding hydrogens is 281 g/mol. The summed E-state index contributed by atoms with van der Waals surface area (Å²) in [6.07, 6.45) is -3.00. The van der Waals surface area contributed by atoms with Gasteiger partial charge in [-0.15, -0.1) is 0 Å². The summed E-state index contributed by atoms with van der Waals surface area (Å²) in [7, 11) is 2.34. The Bertz CT molecular complexity index is 529. The largest absolute Gasteiger partial charge is 0.503 e. The van der Waals surface area contributed by atoms with Gasteiger partial charge in [0.1, 0.15) is 5.57 Å². The normalized spacial score (nSPS) is 12.2. The minimum atomic E-state index is -4.75. The van der Waals surface area contributed by atoms with Crippen LogP contribution in [0.2, 0.25) is 0 Å². The van der Waals surface area contributed by atoms with Crippen molar-refractivity contribution < 1.29 is 32.5 Å². The van der Waals surface area contributed by atoms with Crippen molar-refractivity contribution in [1.29, 1.82) is 0 Å². The van der Waals surface area contributed by atoms with Gasteiger partial charge < -0.3 is 14.6 Å². The van der Waals surface area contributed by atoms with Crippen LogP contribution in [-0.2, 0) is 27.1 Å². The van der Waals surface area contributed by atoms with Crippen molar-refractivity contribution >= 4 is 11.5 Å². The van der Waals surface area contributed by atoms with E-state index in [2.05, 4.69) is 19.4 Å². The van der Waals surface area contributed by atoms with Crippen LogP contribution < -0.4 is 0 Å². The number of hydrogen-bond acceptors (Lipinski definition) is 6. The van der Waals surface area contributed by atoms with Gasteiger partial charge in [-0.1, -0.05) is 0 Å². The van der Waals surface area contributed by atoms with Gasteiger partial charge >= 0.3 is 12.1 Å². The third-order valence-corrected chi connectivity index (χ3v) is 2.20. The number of esters is 1. The molecule has 1 heterocycles. The zero-order chi connectivity index (χ0) is 15.3. The van der Waals surface area contributed by atoms with E-state index in [0.717, 1.165) is 19.6 Å². The van der Waals surface area contributed by atoms with Crippen molar-refractivity contribution in [2.75, 3.05) is 14.2 Å². The number of ether oxygens (including phenoxy) is 2. The number of hydrogen-bond donors (Lipinski definition) is 1. The molecule has 0 aromatic carbocycles. The van der Waals surface area contributed by atoms with Crippen molar-refractivity contribution in [1.82, 2.24) is 9.97 Å². The lowest BCUT2D eigenvalue weighted by molar-refractivity contribution is -0.145. The van der Waals surface area contributed by atoms with Crippen LogP contribution in [0.3, 0.4) is 0 Å². The van der Waals surface area contributed by atoms with Crippen molar-refractivity contribution in [2.45, 2.75) is 12.8 Å². The molecule has 0 aliphatic carbocycles. The molecule has 0 atom stereocenters. The summed E-state index contributed by atoms with van der Waals surface area (Å²) in [4.78, 5) is 17.8. The van der Waals surface area contributed by atoms with E-state index in [0.29, 0.717) is 0 Å². The van der Waals surface area contributed by atoms with Crippen LogP contribution in [0.4, 0.5) is 13.2 Å². The van der Waals surface area contributed by atoms with Crippen molar-refractivity contribution in [3.05, 3.63) is 29.5 Å². The minimum absolute atomic E-state index is 0.103. The molecule has 20 heavy (non-hydrogen) atoms. The molecule has 9 heteroatoms. The zero-order valence-corrected chi connectivity index (χ0v) is 10.6. The fourth-order valence-corrected chi connectivity index (χ4v) is 1.35. The molecule has 0 unspecified atom stereocenters. The highest BCUT2D eigenvalue weighted by molar-refractivity contribution is 6.16.